The number of carbonyl (C=O) groups excluding carboxylic acids is 1. The lowest BCUT2D eigenvalue weighted by Crippen LogP contribution is -2.50. The highest BCUT2D eigenvalue weighted by Gasteiger charge is 2.40. The van der Waals surface area contributed by atoms with Crippen LogP contribution in [0.2, 0.25) is 0 Å². The summed E-state index contributed by atoms with van der Waals surface area (Å²) in [5.41, 5.74) is 3.58. The number of aromatic nitrogens is 1. The van der Waals surface area contributed by atoms with Crippen LogP contribution >= 0.6 is 0 Å². The SMILES string of the molecule is CCC1(C)c2[nH]c3ccccc3c2CCN1C(C)=O. The van der Waals surface area contributed by atoms with Gasteiger partial charge in [0.15, 0.2) is 0 Å². The molecule has 3 heteroatoms. The molecule has 1 aromatic heterocycles. The van der Waals surface area contributed by atoms with Gasteiger partial charge in [0.25, 0.3) is 0 Å². The molecule has 0 saturated heterocycles. The van der Waals surface area contributed by atoms with Crippen LogP contribution < -0.4 is 0 Å². The van der Waals surface area contributed by atoms with Crippen molar-refractivity contribution in [3.05, 3.63) is 35.5 Å². The van der Waals surface area contributed by atoms with Gasteiger partial charge in [0.05, 0.1) is 5.54 Å². The van der Waals surface area contributed by atoms with Gasteiger partial charge in [-0.1, -0.05) is 25.1 Å². The average Bonchev–Trinajstić information content (AvgIpc) is 2.79. The molecule has 19 heavy (non-hydrogen) atoms. The van der Waals surface area contributed by atoms with Crippen molar-refractivity contribution in [3.63, 3.8) is 0 Å². The Labute approximate surface area is 113 Å². The second-order valence-corrected chi connectivity index (χ2v) is 5.57. The molecule has 1 amide bonds. The maximum Gasteiger partial charge on any atom is 0.220 e. The summed E-state index contributed by atoms with van der Waals surface area (Å²) >= 11 is 0. The van der Waals surface area contributed by atoms with E-state index in [0.29, 0.717) is 0 Å². The van der Waals surface area contributed by atoms with Crippen LogP contribution in [0, 0.1) is 0 Å². The van der Waals surface area contributed by atoms with Crippen molar-refractivity contribution in [2.24, 2.45) is 0 Å². The van der Waals surface area contributed by atoms with Gasteiger partial charge in [0.2, 0.25) is 5.91 Å². The van der Waals surface area contributed by atoms with Gasteiger partial charge in [0.1, 0.15) is 0 Å². The van der Waals surface area contributed by atoms with E-state index >= 15 is 0 Å². The number of hydrogen-bond donors (Lipinski definition) is 1. The van der Waals surface area contributed by atoms with Gasteiger partial charge in [-0.2, -0.15) is 0 Å². The number of nitrogens with one attached hydrogen (secondary N) is 1. The standard InChI is InChI=1S/C16H20N2O/c1-4-16(3)15-13(9-10-18(16)11(2)19)12-7-5-6-8-14(12)17-15/h5-8,17H,4,9-10H2,1-3H3. The third-order valence-corrected chi connectivity index (χ3v) is 4.60. The van der Waals surface area contributed by atoms with Gasteiger partial charge in [-0.05, 0) is 31.4 Å². The Hall–Kier alpha value is -1.77. The van der Waals surface area contributed by atoms with E-state index in [-0.39, 0.29) is 11.4 Å². The lowest BCUT2D eigenvalue weighted by Gasteiger charge is -2.44. The van der Waals surface area contributed by atoms with E-state index in [1.807, 2.05) is 4.90 Å². The van der Waals surface area contributed by atoms with Crippen LogP contribution in [0.1, 0.15) is 38.4 Å². The zero-order valence-corrected chi connectivity index (χ0v) is 11.8. The van der Waals surface area contributed by atoms with Crippen molar-refractivity contribution < 1.29 is 4.79 Å². The zero-order valence-electron chi connectivity index (χ0n) is 11.8. The summed E-state index contributed by atoms with van der Waals surface area (Å²) in [6, 6.07) is 8.42. The minimum atomic E-state index is -0.210. The van der Waals surface area contributed by atoms with Crippen LogP contribution in [-0.2, 0) is 16.8 Å². The van der Waals surface area contributed by atoms with Crippen LogP contribution in [0.5, 0.6) is 0 Å². The van der Waals surface area contributed by atoms with Crippen molar-refractivity contribution >= 4 is 16.8 Å². The number of aromatic amines is 1. The number of amides is 1. The molecule has 3 rings (SSSR count). The topological polar surface area (TPSA) is 36.1 Å². The molecule has 0 saturated carbocycles. The van der Waals surface area contributed by atoms with Crippen molar-refractivity contribution in [1.82, 2.24) is 9.88 Å². The molecule has 3 nitrogen and oxygen atoms in total. The molecule has 2 heterocycles. The van der Waals surface area contributed by atoms with Crippen molar-refractivity contribution in [2.75, 3.05) is 6.54 Å². The fraction of sp³-hybridized carbons (Fsp3) is 0.438. The Balaban J connectivity index is 2.24. The average molecular weight is 256 g/mol. The van der Waals surface area contributed by atoms with Crippen LogP contribution in [0.25, 0.3) is 10.9 Å². The molecule has 1 aromatic carbocycles. The molecule has 0 spiro atoms. The minimum absolute atomic E-state index is 0.161. The van der Waals surface area contributed by atoms with E-state index in [4.69, 9.17) is 0 Å². The van der Waals surface area contributed by atoms with Gasteiger partial charge in [-0.3, -0.25) is 4.79 Å². The van der Waals surface area contributed by atoms with Crippen LogP contribution in [0.4, 0.5) is 0 Å². The Kier molecular flexibility index (Phi) is 2.66. The largest absolute Gasteiger partial charge is 0.356 e. The van der Waals surface area contributed by atoms with E-state index < -0.39 is 0 Å². The molecule has 1 aliphatic rings. The maximum absolute atomic E-state index is 11.9. The highest BCUT2D eigenvalue weighted by atomic mass is 16.2. The molecule has 0 radical (unpaired) electrons. The Morgan fingerprint density at radius 1 is 1.42 bits per heavy atom. The zero-order chi connectivity index (χ0) is 13.6. The highest BCUT2D eigenvalue weighted by molar-refractivity contribution is 5.86. The quantitative estimate of drug-likeness (QED) is 0.835. The lowest BCUT2D eigenvalue weighted by molar-refractivity contribution is -0.136. The van der Waals surface area contributed by atoms with Crippen molar-refractivity contribution in [3.8, 4) is 0 Å². The third-order valence-electron chi connectivity index (χ3n) is 4.60. The predicted octanol–water partition coefficient (Wildman–Crippen LogP) is 3.20. The monoisotopic (exact) mass is 256 g/mol. The van der Waals surface area contributed by atoms with Crippen molar-refractivity contribution in [1.29, 1.82) is 0 Å². The van der Waals surface area contributed by atoms with Gasteiger partial charge in [-0.25, -0.2) is 0 Å². The van der Waals surface area contributed by atoms with E-state index in [9.17, 15) is 4.79 Å². The normalized spacial score (nSPS) is 22.6. The Morgan fingerprint density at radius 2 is 2.16 bits per heavy atom. The molecule has 0 bridgehead atoms. The smallest absolute Gasteiger partial charge is 0.220 e. The first-order chi connectivity index (χ1) is 9.08. The number of para-hydroxylation sites is 1. The summed E-state index contributed by atoms with van der Waals surface area (Å²) in [5.74, 6) is 0.161. The summed E-state index contributed by atoms with van der Waals surface area (Å²) in [6.07, 6.45) is 1.86. The molecule has 2 aromatic rings. The first kappa shape index (κ1) is 12.3. The maximum atomic E-state index is 11.9. The van der Waals surface area contributed by atoms with Gasteiger partial charge < -0.3 is 9.88 Å². The molecule has 1 aliphatic heterocycles. The molecular weight excluding hydrogens is 236 g/mol. The fourth-order valence-electron chi connectivity index (χ4n) is 3.40. The third kappa shape index (κ3) is 1.61. The van der Waals surface area contributed by atoms with Crippen molar-refractivity contribution in [2.45, 2.75) is 39.2 Å². The first-order valence-corrected chi connectivity index (χ1v) is 6.96. The summed E-state index contributed by atoms with van der Waals surface area (Å²) in [5, 5.41) is 1.31. The molecule has 1 N–H and O–H groups in total. The molecule has 0 aliphatic carbocycles. The van der Waals surface area contributed by atoms with Crippen LogP contribution in [0.3, 0.4) is 0 Å². The summed E-state index contributed by atoms with van der Waals surface area (Å²) in [7, 11) is 0. The number of benzene rings is 1. The number of rotatable bonds is 1. The second-order valence-electron chi connectivity index (χ2n) is 5.57. The molecule has 0 fully saturated rings. The number of carbonyl (C=O) groups is 1. The van der Waals surface area contributed by atoms with Crippen LogP contribution in [0.15, 0.2) is 24.3 Å². The Morgan fingerprint density at radius 3 is 2.84 bits per heavy atom. The minimum Gasteiger partial charge on any atom is -0.356 e. The van der Waals surface area contributed by atoms with E-state index in [2.05, 4.69) is 43.1 Å². The van der Waals surface area contributed by atoms with E-state index in [1.165, 1.54) is 22.2 Å². The molecule has 1 unspecified atom stereocenters. The highest BCUT2D eigenvalue weighted by Crippen LogP contribution is 2.40. The second kappa shape index (κ2) is 4.12. The van der Waals surface area contributed by atoms with E-state index in [1.54, 1.807) is 6.92 Å². The number of fused-ring (bicyclic) bond motifs is 3. The fourth-order valence-corrected chi connectivity index (χ4v) is 3.40. The number of nitrogens with zero attached hydrogens (tertiary/aromatic N) is 1. The Bertz CT molecular complexity index is 643. The molecular formula is C16H20N2O. The molecule has 100 valence electrons. The lowest BCUT2D eigenvalue weighted by atomic mass is 9.84. The number of H-pyrrole nitrogens is 1. The van der Waals surface area contributed by atoms with Gasteiger partial charge in [-0.15, -0.1) is 0 Å². The summed E-state index contributed by atoms with van der Waals surface area (Å²) in [6.45, 7) is 6.80. The first-order valence-electron chi connectivity index (χ1n) is 6.96. The summed E-state index contributed by atoms with van der Waals surface area (Å²) < 4.78 is 0. The van der Waals surface area contributed by atoms with E-state index in [0.717, 1.165) is 19.4 Å². The van der Waals surface area contributed by atoms with Gasteiger partial charge in [0, 0.05) is 30.1 Å². The predicted molar refractivity (Wildman–Crippen MR) is 77.0 cm³/mol. The van der Waals surface area contributed by atoms with Gasteiger partial charge >= 0.3 is 0 Å². The molecule has 1 atom stereocenters. The summed E-state index contributed by atoms with van der Waals surface area (Å²) in [4.78, 5) is 17.5. The number of hydrogen-bond acceptors (Lipinski definition) is 1. The van der Waals surface area contributed by atoms with Crippen LogP contribution in [-0.4, -0.2) is 22.3 Å².